The summed E-state index contributed by atoms with van der Waals surface area (Å²) in [6.45, 7) is 0.547. The fourth-order valence-electron chi connectivity index (χ4n) is 2.15. The highest BCUT2D eigenvalue weighted by Gasteiger charge is 2.25. The average Bonchev–Trinajstić information content (AvgIpc) is 2.84. The maximum absolute atomic E-state index is 11.7. The van der Waals surface area contributed by atoms with E-state index in [1.54, 1.807) is 24.1 Å². The highest BCUT2D eigenvalue weighted by molar-refractivity contribution is 5.92. The molecule has 0 spiro atoms. The van der Waals surface area contributed by atoms with Crippen molar-refractivity contribution in [2.75, 3.05) is 6.54 Å². The lowest BCUT2D eigenvalue weighted by Crippen LogP contribution is -2.33. The van der Waals surface area contributed by atoms with Gasteiger partial charge in [0.25, 0.3) is 5.91 Å². The minimum Gasteiger partial charge on any atom is -0.393 e. The van der Waals surface area contributed by atoms with Crippen LogP contribution in [-0.2, 0) is 7.05 Å². The molecule has 1 amide bonds. The van der Waals surface area contributed by atoms with Crippen LogP contribution in [0.25, 0.3) is 0 Å². The van der Waals surface area contributed by atoms with E-state index >= 15 is 0 Å². The van der Waals surface area contributed by atoms with E-state index in [2.05, 4.69) is 10.3 Å². The topological polar surface area (TPSA) is 67.2 Å². The smallest absolute Gasteiger partial charge is 0.269 e. The molecule has 1 heterocycles. The van der Waals surface area contributed by atoms with Gasteiger partial charge >= 0.3 is 0 Å². The maximum atomic E-state index is 11.7. The molecule has 2 rings (SSSR count). The standard InChI is InChI=1S/C11H17N3O2/c1-14-7-12-6-9(14)11(16)13-5-8-3-2-4-10(8)15/h6-8,10,15H,2-5H2,1H3,(H,13,16). The van der Waals surface area contributed by atoms with Gasteiger partial charge in [0, 0.05) is 19.5 Å². The summed E-state index contributed by atoms with van der Waals surface area (Å²) >= 11 is 0. The molecule has 5 nitrogen and oxygen atoms in total. The number of nitrogens with zero attached hydrogens (tertiary/aromatic N) is 2. The zero-order chi connectivity index (χ0) is 11.5. The number of carbonyl (C=O) groups excluding carboxylic acids is 1. The number of carbonyl (C=O) groups is 1. The summed E-state index contributed by atoms with van der Waals surface area (Å²) in [5.74, 6) is 0.0799. The van der Waals surface area contributed by atoms with Crippen molar-refractivity contribution in [3.05, 3.63) is 18.2 Å². The number of aromatic nitrogens is 2. The molecule has 1 fully saturated rings. The predicted octanol–water partition coefficient (Wildman–Crippen LogP) is 0.311. The third kappa shape index (κ3) is 2.24. The highest BCUT2D eigenvalue weighted by atomic mass is 16.3. The van der Waals surface area contributed by atoms with Crippen molar-refractivity contribution >= 4 is 5.91 Å². The van der Waals surface area contributed by atoms with Crippen molar-refractivity contribution < 1.29 is 9.90 Å². The Balaban J connectivity index is 1.86. The van der Waals surface area contributed by atoms with Gasteiger partial charge in [-0.1, -0.05) is 6.42 Å². The van der Waals surface area contributed by atoms with Crippen molar-refractivity contribution in [2.45, 2.75) is 25.4 Å². The number of aliphatic hydroxyl groups is 1. The molecule has 2 unspecified atom stereocenters. The highest BCUT2D eigenvalue weighted by Crippen LogP contribution is 2.24. The number of amides is 1. The second kappa shape index (κ2) is 4.65. The van der Waals surface area contributed by atoms with E-state index in [4.69, 9.17) is 0 Å². The second-order valence-corrected chi connectivity index (χ2v) is 4.36. The van der Waals surface area contributed by atoms with Gasteiger partial charge in [0.15, 0.2) is 0 Å². The lowest BCUT2D eigenvalue weighted by atomic mass is 10.1. The first-order chi connectivity index (χ1) is 7.68. The number of nitrogens with one attached hydrogen (secondary N) is 1. The van der Waals surface area contributed by atoms with Gasteiger partial charge < -0.3 is 15.0 Å². The van der Waals surface area contributed by atoms with E-state index in [-0.39, 0.29) is 17.9 Å². The van der Waals surface area contributed by atoms with Crippen LogP contribution in [-0.4, -0.2) is 33.2 Å². The molecule has 1 saturated carbocycles. The van der Waals surface area contributed by atoms with Crippen LogP contribution in [0.2, 0.25) is 0 Å². The number of hydrogen-bond acceptors (Lipinski definition) is 3. The van der Waals surface area contributed by atoms with Crippen molar-refractivity contribution in [1.29, 1.82) is 0 Å². The molecule has 5 heteroatoms. The fourth-order valence-corrected chi connectivity index (χ4v) is 2.15. The van der Waals surface area contributed by atoms with E-state index in [1.165, 1.54) is 0 Å². The number of rotatable bonds is 3. The predicted molar refractivity (Wildman–Crippen MR) is 58.9 cm³/mol. The third-order valence-electron chi connectivity index (χ3n) is 3.19. The molecule has 0 aliphatic heterocycles. The van der Waals surface area contributed by atoms with Crippen LogP contribution in [0.5, 0.6) is 0 Å². The van der Waals surface area contributed by atoms with Gasteiger partial charge in [-0.15, -0.1) is 0 Å². The summed E-state index contributed by atoms with van der Waals surface area (Å²) in [6, 6.07) is 0. The molecule has 16 heavy (non-hydrogen) atoms. The Morgan fingerprint density at radius 1 is 1.69 bits per heavy atom. The van der Waals surface area contributed by atoms with Crippen LogP contribution in [0.3, 0.4) is 0 Å². The molecule has 0 saturated heterocycles. The average molecular weight is 223 g/mol. The van der Waals surface area contributed by atoms with Gasteiger partial charge in [-0.05, 0) is 12.8 Å². The Morgan fingerprint density at radius 2 is 2.50 bits per heavy atom. The quantitative estimate of drug-likeness (QED) is 0.775. The molecular weight excluding hydrogens is 206 g/mol. The fraction of sp³-hybridized carbons (Fsp3) is 0.636. The largest absolute Gasteiger partial charge is 0.393 e. The van der Waals surface area contributed by atoms with Gasteiger partial charge in [0.2, 0.25) is 0 Å². The lowest BCUT2D eigenvalue weighted by Gasteiger charge is -2.14. The first-order valence-corrected chi connectivity index (χ1v) is 5.61. The van der Waals surface area contributed by atoms with Crippen molar-refractivity contribution in [3.8, 4) is 0 Å². The molecule has 2 atom stereocenters. The minimum atomic E-state index is -0.258. The van der Waals surface area contributed by atoms with Crippen LogP contribution < -0.4 is 5.32 Å². The van der Waals surface area contributed by atoms with Crippen LogP contribution in [0.1, 0.15) is 29.8 Å². The molecule has 0 bridgehead atoms. The van der Waals surface area contributed by atoms with Crippen LogP contribution in [0, 0.1) is 5.92 Å². The second-order valence-electron chi connectivity index (χ2n) is 4.36. The number of imidazole rings is 1. The molecule has 1 aliphatic carbocycles. The number of hydrogen-bond donors (Lipinski definition) is 2. The summed E-state index contributed by atoms with van der Waals surface area (Å²) in [4.78, 5) is 15.6. The molecule has 1 aliphatic rings. The third-order valence-corrected chi connectivity index (χ3v) is 3.19. The first kappa shape index (κ1) is 11.1. The molecule has 88 valence electrons. The lowest BCUT2D eigenvalue weighted by molar-refractivity contribution is 0.0909. The summed E-state index contributed by atoms with van der Waals surface area (Å²) in [7, 11) is 1.78. The summed E-state index contributed by atoms with van der Waals surface area (Å²) in [5, 5.41) is 12.5. The van der Waals surface area contributed by atoms with Gasteiger partial charge in [-0.25, -0.2) is 4.98 Å². The first-order valence-electron chi connectivity index (χ1n) is 5.61. The van der Waals surface area contributed by atoms with E-state index < -0.39 is 0 Å². The van der Waals surface area contributed by atoms with Gasteiger partial charge in [-0.3, -0.25) is 4.79 Å². The van der Waals surface area contributed by atoms with Crippen LogP contribution in [0.4, 0.5) is 0 Å². The Labute approximate surface area is 94.5 Å². The number of aryl methyl sites for hydroxylation is 1. The Morgan fingerprint density at radius 3 is 3.06 bits per heavy atom. The van der Waals surface area contributed by atoms with E-state index in [1.807, 2.05) is 0 Å². The molecule has 0 aromatic carbocycles. The van der Waals surface area contributed by atoms with Crippen LogP contribution >= 0.6 is 0 Å². The normalized spacial score (nSPS) is 24.6. The van der Waals surface area contributed by atoms with E-state index in [0.717, 1.165) is 19.3 Å². The Kier molecular flexibility index (Phi) is 3.24. The van der Waals surface area contributed by atoms with Crippen molar-refractivity contribution in [1.82, 2.24) is 14.9 Å². The maximum Gasteiger partial charge on any atom is 0.269 e. The Bertz CT molecular complexity index is 375. The monoisotopic (exact) mass is 223 g/mol. The molecule has 1 aromatic heterocycles. The van der Waals surface area contributed by atoms with Crippen molar-refractivity contribution in [3.63, 3.8) is 0 Å². The van der Waals surface area contributed by atoms with Gasteiger partial charge in [-0.2, -0.15) is 0 Å². The van der Waals surface area contributed by atoms with Gasteiger partial charge in [0.1, 0.15) is 5.69 Å². The zero-order valence-electron chi connectivity index (χ0n) is 9.39. The molecule has 2 N–H and O–H groups in total. The SMILES string of the molecule is Cn1cncc1C(=O)NCC1CCCC1O. The van der Waals surface area contributed by atoms with Crippen LogP contribution in [0.15, 0.2) is 12.5 Å². The molecule has 0 radical (unpaired) electrons. The summed E-state index contributed by atoms with van der Waals surface area (Å²) < 4.78 is 1.68. The summed E-state index contributed by atoms with van der Waals surface area (Å²) in [5.41, 5.74) is 0.549. The minimum absolute atomic E-state index is 0.126. The van der Waals surface area contributed by atoms with Crippen molar-refractivity contribution in [2.24, 2.45) is 13.0 Å². The molecule has 1 aromatic rings. The van der Waals surface area contributed by atoms with Gasteiger partial charge in [0.05, 0.1) is 18.6 Å². The number of aliphatic hydroxyl groups excluding tert-OH is 1. The Hall–Kier alpha value is -1.36. The zero-order valence-corrected chi connectivity index (χ0v) is 9.39. The van der Waals surface area contributed by atoms with E-state index in [0.29, 0.717) is 12.2 Å². The summed E-state index contributed by atoms with van der Waals surface area (Å²) in [6.07, 6.45) is 5.78. The van der Waals surface area contributed by atoms with E-state index in [9.17, 15) is 9.90 Å². The molecular formula is C11H17N3O2.